The Morgan fingerprint density at radius 2 is 1.95 bits per heavy atom. The van der Waals surface area contributed by atoms with Crippen LogP contribution in [0.4, 0.5) is 0 Å². The fourth-order valence-electron chi connectivity index (χ4n) is 1.18. The van der Waals surface area contributed by atoms with E-state index in [4.69, 9.17) is 5.11 Å². The van der Waals surface area contributed by atoms with Crippen molar-refractivity contribution >= 4 is 23.9 Å². The predicted octanol–water partition coefficient (Wildman–Crippen LogP) is 0.515. The Labute approximate surface area is 114 Å². The monoisotopic (exact) mass is 280 g/mol. The zero-order chi connectivity index (χ0) is 15.4. The molecule has 1 unspecified atom stereocenters. The van der Waals surface area contributed by atoms with Crippen LogP contribution in [0, 0.1) is 0 Å². The lowest BCUT2D eigenvalue weighted by atomic mass is 10.1. The molecular weight excluding hydrogens is 268 g/mol. The molecule has 0 aromatic carbocycles. The normalized spacial score (nSPS) is 19.0. The molecule has 0 radical (unpaired) electrons. The molecule has 0 amide bonds. The van der Waals surface area contributed by atoms with E-state index in [0.29, 0.717) is 0 Å². The van der Waals surface area contributed by atoms with Crippen LogP contribution in [0.3, 0.4) is 0 Å². The molecule has 7 nitrogen and oxygen atoms in total. The molecule has 1 aliphatic rings. The highest BCUT2D eigenvalue weighted by atomic mass is 16.6. The van der Waals surface area contributed by atoms with Crippen molar-refractivity contribution in [1.82, 2.24) is 0 Å². The van der Waals surface area contributed by atoms with Crippen molar-refractivity contribution in [3.8, 4) is 0 Å². The van der Waals surface area contributed by atoms with Gasteiger partial charge >= 0.3 is 23.9 Å². The van der Waals surface area contributed by atoms with Gasteiger partial charge in [-0.1, -0.05) is 12.7 Å². The summed E-state index contributed by atoms with van der Waals surface area (Å²) in [6, 6.07) is 0. The largest absolute Gasteiger partial charge is 0.479 e. The van der Waals surface area contributed by atoms with E-state index in [1.165, 1.54) is 26.0 Å². The van der Waals surface area contributed by atoms with E-state index in [9.17, 15) is 19.2 Å². The van der Waals surface area contributed by atoms with Gasteiger partial charge in [0.2, 0.25) is 0 Å². The van der Waals surface area contributed by atoms with Gasteiger partial charge in [-0.25, -0.2) is 19.2 Å². The van der Waals surface area contributed by atoms with Gasteiger partial charge in [0.1, 0.15) is 0 Å². The third-order valence-electron chi connectivity index (χ3n) is 2.43. The quantitative estimate of drug-likeness (QED) is 0.454. The molecule has 1 aliphatic heterocycles. The van der Waals surface area contributed by atoms with Gasteiger partial charge in [-0.05, 0) is 19.9 Å². The third-order valence-corrected chi connectivity index (χ3v) is 2.43. The maximum absolute atomic E-state index is 11.5. The first-order valence-electron chi connectivity index (χ1n) is 5.52. The molecule has 1 heterocycles. The lowest BCUT2D eigenvalue weighted by Gasteiger charge is -2.08. The van der Waals surface area contributed by atoms with Crippen LogP contribution in [0.1, 0.15) is 13.8 Å². The molecule has 106 valence electrons. The Morgan fingerprint density at radius 1 is 1.35 bits per heavy atom. The lowest BCUT2D eigenvalue weighted by molar-refractivity contribution is -0.159. The van der Waals surface area contributed by atoms with E-state index < -0.39 is 30.0 Å². The summed E-state index contributed by atoms with van der Waals surface area (Å²) in [5.74, 6) is -3.81. The van der Waals surface area contributed by atoms with Gasteiger partial charge in [0.15, 0.2) is 6.10 Å². The van der Waals surface area contributed by atoms with Crippen molar-refractivity contribution in [2.24, 2.45) is 0 Å². The third kappa shape index (κ3) is 3.41. The summed E-state index contributed by atoms with van der Waals surface area (Å²) in [6.07, 6.45) is 1.13. The first-order valence-corrected chi connectivity index (χ1v) is 5.52. The number of carbonyl (C=O) groups excluding carboxylic acids is 3. The average Bonchev–Trinajstić information content (AvgIpc) is 2.60. The summed E-state index contributed by atoms with van der Waals surface area (Å²) in [5, 5.41) is 8.59. The lowest BCUT2D eigenvalue weighted by Crippen LogP contribution is -2.23. The van der Waals surface area contributed by atoms with Gasteiger partial charge in [-0.2, -0.15) is 0 Å². The molecule has 0 aliphatic carbocycles. The first kappa shape index (κ1) is 15.4. The SMILES string of the molecule is C=C1C(=O)OC(=O)/C1=C/C=C(\C)C(=O)OC(C)C(=O)O. The van der Waals surface area contributed by atoms with E-state index >= 15 is 0 Å². The van der Waals surface area contributed by atoms with E-state index in [1.807, 2.05) is 0 Å². The van der Waals surface area contributed by atoms with Crippen molar-refractivity contribution in [2.45, 2.75) is 20.0 Å². The standard InChI is InChI=1S/C13H12O7/c1-6(11(16)19-8(3)10(14)15)4-5-9-7(2)12(17)20-13(9)18/h4-5,8H,2H2,1,3H3,(H,14,15)/b6-4+,9-5+. The van der Waals surface area contributed by atoms with Crippen LogP contribution in [-0.4, -0.2) is 35.1 Å². The van der Waals surface area contributed by atoms with Crippen LogP contribution in [0.2, 0.25) is 0 Å². The maximum atomic E-state index is 11.5. The van der Waals surface area contributed by atoms with Crippen molar-refractivity contribution in [1.29, 1.82) is 0 Å². The van der Waals surface area contributed by atoms with Crippen molar-refractivity contribution < 1.29 is 33.8 Å². The number of esters is 3. The minimum Gasteiger partial charge on any atom is -0.479 e. The number of ether oxygens (including phenoxy) is 2. The van der Waals surface area contributed by atoms with Crippen LogP contribution in [0.15, 0.2) is 35.5 Å². The summed E-state index contributed by atoms with van der Waals surface area (Å²) in [4.78, 5) is 44.3. The van der Waals surface area contributed by atoms with Crippen molar-refractivity contribution in [3.63, 3.8) is 0 Å². The number of hydrogen-bond acceptors (Lipinski definition) is 6. The molecule has 1 rings (SSSR count). The van der Waals surface area contributed by atoms with E-state index in [2.05, 4.69) is 16.1 Å². The molecule has 1 saturated heterocycles. The van der Waals surface area contributed by atoms with Gasteiger partial charge < -0.3 is 14.6 Å². The van der Waals surface area contributed by atoms with E-state index in [-0.39, 0.29) is 16.7 Å². The molecular formula is C13H12O7. The van der Waals surface area contributed by atoms with Crippen LogP contribution in [0.25, 0.3) is 0 Å². The van der Waals surface area contributed by atoms with E-state index in [1.54, 1.807) is 0 Å². The molecule has 1 N–H and O–H groups in total. The fraction of sp³-hybridized carbons (Fsp3) is 0.231. The van der Waals surface area contributed by atoms with Gasteiger partial charge in [0.05, 0.1) is 11.1 Å². The molecule has 0 aromatic heterocycles. The number of carbonyl (C=O) groups is 4. The average molecular weight is 280 g/mol. The Balaban J connectivity index is 2.82. The highest BCUT2D eigenvalue weighted by Gasteiger charge is 2.31. The van der Waals surface area contributed by atoms with Crippen LogP contribution >= 0.6 is 0 Å². The summed E-state index contributed by atoms with van der Waals surface area (Å²) in [7, 11) is 0. The Kier molecular flexibility index (Phi) is 4.58. The zero-order valence-corrected chi connectivity index (χ0v) is 10.8. The molecule has 1 atom stereocenters. The molecule has 0 aromatic rings. The zero-order valence-electron chi connectivity index (χ0n) is 10.8. The topological polar surface area (TPSA) is 107 Å². The summed E-state index contributed by atoms with van der Waals surface area (Å²) < 4.78 is 8.93. The smallest absolute Gasteiger partial charge is 0.346 e. The highest BCUT2D eigenvalue weighted by Crippen LogP contribution is 2.20. The molecule has 20 heavy (non-hydrogen) atoms. The van der Waals surface area contributed by atoms with Crippen LogP contribution in [0.5, 0.6) is 0 Å². The minimum atomic E-state index is -1.29. The molecule has 0 saturated carbocycles. The Hall–Kier alpha value is -2.70. The molecule has 0 bridgehead atoms. The summed E-state index contributed by atoms with van der Waals surface area (Å²) in [6.45, 7) is 5.96. The second-order valence-electron chi connectivity index (χ2n) is 3.97. The van der Waals surface area contributed by atoms with Gasteiger partial charge in [0, 0.05) is 5.57 Å². The second-order valence-corrected chi connectivity index (χ2v) is 3.97. The number of carboxylic acids is 1. The van der Waals surface area contributed by atoms with Gasteiger partial charge in [-0.3, -0.25) is 0 Å². The summed E-state index contributed by atoms with van der Waals surface area (Å²) >= 11 is 0. The predicted molar refractivity (Wildman–Crippen MR) is 65.3 cm³/mol. The number of aliphatic carboxylic acids is 1. The maximum Gasteiger partial charge on any atom is 0.346 e. The molecule has 1 fully saturated rings. The highest BCUT2D eigenvalue weighted by molar-refractivity contribution is 6.17. The minimum absolute atomic E-state index is 0.0607. The Morgan fingerprint density at radius 3 is 2.40 bits per heavy atom. The molecule has 0 spiro atoms. The number of allylic oxidation sites excluding steroid dienone is 2. The van der Waals surface area contributed by atoms with Crippen LogP contribution in [-0.2, 0) is 28.7 Å². The van der Waals surface area contributed by atoms with Gasteiger partial charge in [-0.15, -0.1) is 0 Å². The molecule has 7 heteroatoms. The fourth-order valence-corrected chi connectivity index (χ4v) is 1.18. The number of rotatable bonds is 4. The first-order chi connectivity index (χ1) is 9.23. The van der Waals surface area contributed by atoms with Crippen molar-refractivity contribution in [3.05, 3.63) is 35.5 Å². The van der Waals surface area contributed by atoms with Gasteiger partial charge in [0.25, 0.3) is 0 Å². The number of cyclic esters (lactones) is 2. The summed E-state index contributed by atoms with van der Waals surface area (Å²) in [5.41, 5.74) is -0.106. The number of hydrogen-bond donors (Lipinski definition) is 1. The number of carboxylic acid groups (broad SMARTS) is 1. The van der Waals surface area contributed by atoms with Crippen LogP contribution < -0.4 is 0 Å². The Bertz CT molecular complexity index is 565. The van der Waals surface area contributed by atoms with E-state index in [0.717, 1.165) is 0 Å². The van der Waals surface area contributed by atoms with Crippen molar-refractivity contribution in [2.75, 3.05) is 0 Å². The second kappa shape index (κ2) is 5.96.